The maximum atomic E-state index is 12.3. The molecular formula is C13H18ClN3O. The second-order valence-corrected chi connectivity index (χ2v) is 5.17. The molecular weight excluding hydrogens is 250 g/mol. The molecule has 98 valence electrons. The Labute approximate surface area is 112 Å². The fourth-order valence-electron chi connectivity index (χ4n) is 2.33. The quantitative estimate of drug-likeness (QED) is 0.891. The van der Waals surface area contributed by atoms with Crippen molar-refractivity contribution in [2.75, 3.05) is 13.1 Å². The van der Waals surface area contributed by atoms with Gasteiger partial charge in [-0.25, -0.2) is 4.98 Å². The van der Waals surface area contributed by atoms with Crippen molar-refractivity contribution in [1.82, 2.24) is 9.88 Å². The third kappa shape index (κ3) is 2.82. The maximum absolute atomic E-state index is 12.3. The number of hydrogen-bond acceptors (Lipinski definition) is 3. The van der Waals surface area contributed by atoms with Crippen molar-refractivity contribution in [2.45, 2.75) is 25.8 Å². The molecule has 5 heteroatoms. The van der Waals surface area contributed by atoms with Crippen LogP contribution in [0.15, 0.2) is 18.3 Å². The molecule has 1 amide bonds. The molecule has 2 rings (SSSR count). The van der Waals surface area contributed by atoms with Crippen LogP contribution in [0.25, 0.3) is 0 Å². The minimum Gasteiger partial charge on any atom is -0.337 e. The van der Waals surface area contributed by atoms with Crippen LogP contribution in [0.1, 0.15) is 30.3 Å². The zero-order chi connectivity index (χ0) is 13.1. The first-order chi connectivity index (χ1) is 8.61. The van der Waals surface area contributed by atoms with E-state index in [2.05, 4.69) is 11.9 Å². The van der Waals surface area contributed by atoms with Crippen molar-refractivity contribution < 1.29 is 4.79 Å². The molecule has 1 aliphatic rings. The van der Waals surface area contributed by atoms with E-state index < -0.39 is 0 Å². The highest BCUT2D eigenvalue weighted by molar-refractivity contribution is 6.30. The first kappa shape index (κ1) is 13.3. The molecule has 0 aliphatic carbocycles. The first-order valence-electron chi connectivity index (χ1n) is 6.28. The molecule has 1 aromatic rings. The summed E-state index contributed by atoms with van der Waals surface area (Å²) in [7, 11) is 0. The number of amides is 1. The Morgan fingerprint density at radius 2 is 2.39 bits per heavy atom. The number of likely N-dealkylation sites (tertiary alicyclic amines) is 1. The van der Waals surface area contributed by atoms with Crippen LogP contribution in [0, 0.1) is 5.92 Å². The summed E-state index contributed by atoms with van der Waals surface area (Å²) in [6, 6.07) is 3.56. The molecule has 0 aromatic carbocycles. The van der Waals surface area contributed by atoms with Gasteiger partial charge in [0.25, 0.3) is 5.91 Å². The lowest BCUT2D eigenvalue weighted by Gasteiger charge is -2.36. The maximum Gasteiger partial charge on any atom is 0.272 e. The van der Waals surface area contributed by atoms with E-state index in [0.717, 1.165) is 19.4 Å². The highest BCUT2D eigenvalue weighted by Crippen LogP contribution is 2.20. The standard InChI is InChI=1S/C13H18ClN3O/c1-2-9-8-17(6-5-11(9)15)13(18)12-4-3-10(14)7-16-12/h3-4,7,9,11H,2,5-6,8,15H2,1H3. The summed E-state index contributed by atoms with van der Waals surface area (Å²) < 4.78 is 0. The van der Waals surface area contributed by atoms with Crippen molar-refractivity contribution >= 4 is 17.5 Å². The summed E-state index contributed by atoms with van der Waals surface area (Å²) in [6.07, 6.45) is 3.36. The summed E-state index contributed by atoms with van der Waals surface area (Å²) in [5.74, 6) is 0.354. The highest BCUT2D eigenvalue weighted by atomic mass is 35.5. The molecule has 1 fully saturated rings. The van der Waals surface area contributed by atoms with Gasteiger partial charge in [0.2, 0.25) is 0 Å². The Kier molecular flexibility index (Phi) is 4.19. The van der Waals surface area contributed by atoms with Crippen LogP contribution >= 0.6 is 11.6 Å². The third-order valence-electron chi connectivity index (χ3n) is 3.55. The van der Waals surface area contributed by atoms with Gasteiger partial charge in [-0.2, -0.15) is 0 Å². The molecule has 2 unspecified atom stereocenters. The zero-order valence-electron chi connectivity index (χ0n) is 10.5. The monoisotopic (exact) mass is 267 g/mol. The average Bonchev–Trinajstić information content (AvgIpc) is 2.39. The van der Waals surface area contributed by atoms with E-state index >= 15 is 0 Å². The normalized spacial score (nSPS) is 24.1. The van der Waals surface area contributed by atoms with E-state index in [0.29, 0.717) is 23.2 Å². The number of pyridine rings is 1. The third-order valence-corrected chi connectivity index (χ3v) is 3.77. The van der Waals surface area contributed by atoms with Gasteiger partial charge in [-0.05, 0) is 24.5 Å². The van der Waals surface area contributed by atoms with Gasteiger partial charge in [0, 0.05) is 25.3 Å². The van der Waals surface area contributed by atoms with Crippen LogP contribution < -0.4 is 5.73 Å². The predicted octanol–water partition coefficient (Wildman–Crippen LogP) is 1.93. The highest BCUT2D eigenvalue weighted by Gasteiger charge is 2.28. The predicted molar refractivity (Wildman–Crippen MR) is 71.5 cm³/mol. The van der Waals surface area contributed by atoms with Crippen molar-refractivity contribution in [1.29, 1.82) is 0 Å². The fourth-order valence-corrected chi connectivity index (χ4v) is 2.44. The van der Waals surface area contributed by atoms with Crippen molar-refractivity contribution in [3.63, 3.8) is 0 Å². The topological polar surface area (TPSA) is 59.2 Å². The number of carbonyl (C=O) groups is 1. The molecule has 4 nitrogen and oxygen atoms in total. The van der Waals surface area contributed by atoms with Gasteiger partial charge in [-0.1, -0.05) is 24.9 Å². The van der Waals surface area contributed by atoms with Crippen LogP contribution in [0.4, 0.5) is 0 Å². The molecule has 0 radical (unpaired) electrons. The van der Waals surface area contributed by atoms with E-state index in [1.54, 1.807) is 12.1 Å². The molecule has 18 heavy (non-hydrogen) atoms. The fraction of sp³-hybridized carbons (Fsp3) is 0.538. The number of nitrogens with zero attached hydrogens (tertiary/aromatic N) is 2. The van der Waals surface area contributed by atoms with Gasteiger partial charge >= 0.3 is 0 Å². The molecule has 0 spiro atoms. The lowest BCUT2D eigenvalue weighted by molar-refractivity contribution is 0.0643. The van der Waals surface area contributed by atoms with Crippen LogP contribution in [-0.4, -0.2) is 34.9 Å². The summed E-state index contributed by atoms with van der Waals surface area (Å²) >= 11 is 5.76. The Morgan fingerprint density at radius 3 is 3.00 bits per heavy atom. The summed E-state index contributed by atoms with van der Waals surface area (Å²) in [4.78, 5) is 18.2. The number of halogens is 1. The van der Waals surface area contributed by atoms with Crippen molar-refractivity contribution in [2.24, 2.45) is 11.7 Å². The van der Waals surface area contributed by atoms with Gasteiger partial charge in [0.15, 0.2) is 0 Å². The van der Waals surface area contributed by atoms with E-state index in [1.807, 2.05) is 4.90 Å². The number of carbonyl (C=O) groups excluding carboxylic acids is 1. The second kappa shape index (κ2) is 5.67. The minimum atomic E-state index is -0.0305. The first-order valence-corrected chi connectivity index (χ1v) is 6.66. The summed E-state index contributed by atoms with van der Waals surface area (Å²) in [5.41, 5.74) is 6.49. The molecule has 2 N–H and O–H groups in total. The smallest absolute Gasteiger partial charge is 0.272 e. The number of aromatic nitrogens is 1. The molecule has 2 heterocycles. The second-order valence-electron chi connectivity index (χ2n) is 4.73. The number of piperidine rings is 1. The Hall–Kier alpha value is -1.13. The molecule has 0 bridgehead atoms. The van der Waals surface area contributed by atoms with Gasteiger partial charge in [-0.3, -0.25) is 4.79 Å². The Bertz CT molecular complexity index is 421. The van der Waals surface area contributed by atoms with Crippen LogP contribution in [0.2, 0.25) is 5.02 Å². The lowest BCUT2D eigenvalue weighted by Crippen LogP contribution is -2.49. The lowest BCUT2D eigenvalue weighted by atomic mass is 9.90. The molecule has 0 saturated carbocycles. The van der Waals surface area contributed by atoms with Gasteiger partial charge in [0.1, 0.15) is 5.69 Å². The minimum absolute atomic E-state index is 0.0305. The number of hydrogen-bond donors (Lipinski definition) is 1. The Morgan fingerprint density at radius 1 is 1.61 bits per heavy atom. The molecule has 1 saturated heterocycles. The Balaban J connectivity index is 2.07. The van der Waals surface area contributed by atoms with Crippen LogP contribution in [0.5, 0.6) is 0 Å². The van der Waals surface area contributed by atoms with Crippen molar-refractivity contribution in [3.05, 3.63) is 29.0 Å². The number of nitrogens with two attached hydrogens (primary N) is 1. The van der Waals surface area contributed by atoms with E-state index in [-0.39, 0.29) is 11.9 Å². The van der Waals surface area contributed by atoms with Gasteiger partial charge in [-0.15, -0.1) is 0 Å². The summed E-state index contributed by atoms with van der Waals surface area (Å²) in [5, 5.41) is 0.540. The van der Waals surface area contributed by atoms with Crippen LogP contribution in [-0.2, 0) is 0 Å². The van der Waals surface area contributed by atoms with Crippen molar-refractivity contribution in [3.8, 4) is 0 Å². The SMILES string of the molecule is CCC1CN(C(=O)c2ccc(Cl)cn2)CCC1N. The van der Waals surface area contributed by atoms with Gasteiger partial charge in [0.05, 0.1) is 5.02 Å². The number of rotatable bonds is 2. The van der Waals surface area contributed by atoms with Gasteiger partial charge < -0.3 is 10.6 Å². The van der Waals surface area contributed by atoms with E-state index in [4.69, 9.17) is 17.3 Å². The molecule has 1 aliphatic heterocycles. The largest absolute Gasteiger partial charge is 0.337 e. The molecule has 1 aromatic heterocycles. The average molecular weight is 268 g/mol. The van der Waals surface area contributed by atoms with Crippen LogP contribution in [0.3, 0.4) is 0 Å². The van der Waals surface area contributed by atoms with E-state index in [1.165, 1.54) is 6.20 Å². The summed E-state index contributed by atoms with van der Waals surface area (Å²) in [6.45, 7) is 3.54. The van der Waals surface area contributed by atoms with E-state index in [9.17, 15) is 4.79 Å². The molecule has 2 atom stereocenters. The zero-order valence-corrected chi connectivity index (χ0v) is 11.2.